The molecule has 4 rings (SSSR count). The van der Waals surface area contributed by atoms with Crippen LogP contribution in [0.3, 0.4) is 0 Å². The lowest BCUT2D eigenvalue weighted by Gasteiger charge is -2.41. The minimum atomic E-state index is -0.581. The zero-order chi connectivity index (χ0) is 28.3. The first-order chi connectivity index (χ1) is 19.5. The van der Waals surface area contributed by atoms with Crippen LogP contribution in [0.4, 0.5) is 4.79 Å². The standard InChI is InChI=1S/C30H35N3O6S/c1-3-37-27(35)17-33-30(36)32-16-21-7-13-24(14-8-21)29-38-25(19-40-26-6-4-5-15-31-26)20(2)28(39-29)23-11-9-22(18-34)10-12-23/h4-15,20,25,28-29,34H,3,16-19H2,1-2H3,(H2,32,33,36)/t20-,25+,28+,29+/m0/s1. The van der Waals surface area contributed by atoms with Crippen LogP contribution in [0.5, 0.6) is 0 Å². The van der Waals surface area contributed by atoms with Crippen LogP contribution in [0, 0.1) is 5.92 Å². The lowest BCUT2D eigenvalue weighted by atomic mass is 9.91. The summed E-state index contributed by atoms with van der Waals surface area (Å²) in [6.45, 7) is 4.21. The molecule has 2 aromatic carbocycles. The van der Waals surface area contributed by atoms with Crippen molar-refractivity contribution < 1.29 is 28.9 Å². The third kappa shape index (κ3) is 8.28. The number of nitrogens with zero attached hydrogens (tertiary/aromatic N) is 1. The number of hydrogen-bond acceptors (Lipinski definition) is 8. The van der Waals surface area contributed by atoms with E-state index in [0.29, 0.717) is 12.3 Å². The van der Waals surface area contributed by atoms with E-state index >= 15 is 0 Å². The van der Waals surface area contributed by atoms with Crippen molar-refractivity contribution in [3.63, 3.8) is 0 Å². The minimum Gasteiger partial charge on any atom is -0.465 e. The number of thioether (sulfide) groups is 1. The fourth-order valence-electron chi connectivity index (χ4n) is 4.31. The zero-order valence-electron chi connectivity index (χ0n) is 22.6. The third-order valence-electron chi connectivity index (χ3n) is 6.56. The number of pyridine rings is 1. The molecule has 212 valence electrons. The second-order valence-corrected chi connectivity index (χ2v) is 10.4. The summed E-state index contributed by atoms with van der Waals surface area (Å²) in [5.41, 5.74) is 3.63. The number of aliphatic hydroxyl groups is 1. The molecule has 3 aromatic rings. The average molecular weight is 566 g/mol. The lowest BCUT2D eigenvalue weighted by molar-refractivity contribution is -0.268. The molecule has 1 aliphatic heterocycles. The van der Waals surface area contributed by atoms with Gasteiger partial charge in [0, 0.05) is 30.0 Å². The van der Waals surface area contributed by atoms with Crippen molar-refractivity contribution in [3.8, 4) is 0 Å². The molecule has 0 bridgehead atoms. The average Bonchev–Trinajstić information content (AvgIpc) is 2.99. The van der Waals surface area contributed by atoms with Gasteiger partial charge in [-0.05, 0) is 35.7 Å². The predicted molar refractivity (Wildman–Crippen MR) is 151 cm³/mol. The molecule has 10 heteroatoms. The van der Waals surface area contributed by atoms with Crippen LogP contribution >= 0.6 is 11.8 Å². The Morgan fingerprint density at radius 2 is 1.70 bits per heavy atom. The Bertz CT molecular complexity index is 1230. The number of esters is 1. The van der Waals surface area contributed by atoms with Crippen LogP contribution in [0.25, 0.3) is 0 Å². The first kappa shape index (κ1) is 29.5. The maximum absolute atomic E-state index is 12.0. The largest absolute Gasteiger partial charge is 0.465 e. The molecule has 1 aliphatic rings. The molecule has 0 spiro atoms. The Hall–Kier alpha value is -3.44. The van der Waals surface area contributed by atoms with Crippen molar-refractivity contribution >= 4 is 23.8 Å². The van der Waals surface area contributed by atoms with Crippen LogP contribution in [0.1, 0.15) is 48.5 Å². The van der Waals surface area contributed by atoms with Gasteiger partial charge in [0.2, 0.25) is 0 Å². The van der Waals surface area contributed by atoms with E-state index in [-0.39, 0.29) is 37.9 Å². The zero-order valence-corrected chi connectivity index (χ0v) is 23.4. The molecule has 1 fully saturated rings. The van der Waals surface area contributed by atoms with Crippen molar-refractivity contribution in [3.05, 3.63) is 95.2 Å². The van der Waals surface area contributed by atoms with Gasteiger partial charge in [-0.15, -0.1) is 11.8 Å². The van der Waals surface area contributed by atoms with Gasteiger partial charge in [-0.1, -0.05) is 61.5 Å². The predicted octanol–water partition coefficient (Wildman–Crippen LogP) is 4.52. The molecule has 4 atom stereocenters. The highest BCUT2D eigenvalue weighted by Crippen LogP contribution is 2.42. The Morgan fingerprint density at radius 3 is 2.38 bits per heavy atom. The molecule has 1 aromatic heterocycles. The number of aliphatic hydroxyl groups excluding tert-OH is 1. The topological polar surface area (TPSA) is 119 Å². The van der Waals surface area contributed by atoms with Crippen molar-refractivity contribution in [2.75, 3.05) is 18.9 Å². The molecule has 0 radical (unpaired) electrons. The third-order valence-corrected chi connectivity index (χ3v) is 7.59. The van der Waals surface area contributed by atoms with Crippen molar-refractivity contribution in [1.82, 2.24) is 15.6 Å². The number of carbonyl (C=O) groups is 2. The molecular weight excluding hydrogens is 530 g/mol. The summed E-state index contributed by atoms with van der Waals surface area (Å²) < 4.78 is 17.8. The van der Waals surface area contributed by atoms with Crippen LogP contribution in [-0.4, -0.2) is 47.1 Å². The molecule has 0 saturated carbocycles. The van der Waals surface area contributed by atoms with Gasteiger partial charge in [-0.3, -0.25) is 4.79 Å². The second-order valence-electron chi connectivity index (χ2n) is 9.38. The van der Waals surface area contributed by atoms with Gasteiger partial charge in [-0.2, -0.15) is 0 Å². The van der Waals surface area contributed by atoms with Gasteiger partial charge in [-0.25, -0.2) is 9.78 Å². The molecular formula is C30H35N3O6S. The van der Waals surface area contributed by atoms with E-state index in [2.05, 4.69) is 22.5 Å². The normalized spacial score (nSPS) is 20.5. The molecule has 9 nitrogen and oxygen atoms in total. The molecule has 1 saturated heterocycles. The molecule has 0 aliphatic carbocycles. The van der Waals surface area contributed by atoms with Gasteiger partial charge in [0.05, 0.1) is 30.4 Å². The van der Waals surface area contributed by atoms with Gasteiger partial charge >= 0.3 is 12.0 Å². The maximum atomic E-state index is 12.0. The Morgan fingerprint density at radius 1 is 0.975 bits per heavy atom. The Balaban J connectivity index is 1.42. The highest BCUT2D eigenvalue weighted by atomic mass is 32.2. The number of aromatic nitrogens is 1. The second kappa shape index (κ2) is 14.8. The quantitative estimate of drug-likeness (QED) is 0.229. The maximum Gasteiger partial charge on any atom is 0.325 e. The lowest BCUT2D eigenvalue weighted by Crippen LogP contribution is -2.39. The van der Waals surface area contributed by atoms with Crippen molar-refractivity contribution in [2.24, 2.45) is 5.92 Å². The fraction of sp³-hybridized carbons (Fsp3) is 0.367. The first-order valence-electron chi connectivity index (χ1n) is 13.3. The number of urea groups is 1. The first-order valence-corrected chi connectivity index (χ1v) is 14.3. The van der Waals surface area contributed by atoms with Gasteiger partial charge in [0.1, 0.15) is 6.54 Å². The summed E-state index contributed by atoms with van der Waals surface area (Å²) >= 11 is 1.65. The molecule has 0 unspecified atom stereocenters. The van der Waals surface area contributed by atoms with Crippen molar-refractivity contribution in [2.45, 2.75) is 50.5 Å². The van der Waals surface area contributed by atoms with Crippen LogP contribution in [0.2, 0.25) is 0 Å². The minimum absolute atomic E-state index is 0.00923. The fourth-order valence-corrected chi connectivity index (χ4v) is 5.34. The van der Waals surface area contributed by atoms with Crippen LogP contribution < -0.4 is 10.6 Å². The highest BCUT2D eigenvalue weighted by molar-refractivity contribution is 7.99. The summed E-state index contributed by atoms with van der Waals surface area (Å²) in [7, 11) is 0. The Labute approximate surface area is 238 Å². The van der Waals surface area contributed by atoms with E-state index in [0.717, 1.165) is 27.3 Å². The number of ether oxygens (including phenoxy) is 3. The number of amides is 2. The van der Waals surface area contributed by atoms with E-state index in [1.807, 2.05) is 66.7 Å². The summed E-state index contributed by atoms with van der Waals surface area (Å²) in [6, 6.07) is 20.9. The van der Waals surface area contributed by atoms with E-state index in [4.69, 9.17) is 14.2 Å². The van der Waals surface area contributed by atoms with Crippen molar-refractivity contribution in [1.29, 1.82) is 0 Å². The van der Waals surface area contributed by atoms with E-state index in [1.165, 1.54) is 0 Å². The van der Waals surface area contributed by atoms with E-state index < -0.39 is 18.3 Å². The SMILES string of the molecule is CCOC(=O)CNC(=O)NCc1ccc([C@@H]2O[C@H](CSc3ccccn3)[C@H](C)[C@H](c3ccc(CO)cc3)O2)cc1. The number of nitrogens with one attached hydrogen (secondary N) is 2. The number of carbonyl (C=O) groups excluding carboxylic acids is 2. The molecule has 2 heterocycles. The van der Waals surface area contributed by atoms with E-state index in [9.17, 15) is 14.7 Å². The van der Waals surface area contributed by atoms with Gasteiger partial charge in [0.25, 0.3) is 0 Å². The summed E-state index contributed by atoms with van der Waals surface area (Å²) in [6.07, 6.45) is 0.900. The number of rotatable bonds is 11. The number of benzene rings is 2. The summed E-state index contributed by atoms with van der Waals surface area (Å²) in [5, 5.41) is 15.6. The van der Waals surface area contributed by atoms with Gasteiger partial charge in [0.15, 0.2) is 6.29 Å². The monoisotopic (exact) mass is 565 g/mol. The van der Waals surface area contributed by atoms with E-state index in [1.54, 1.807) is 24.9 Å². The van der Waals surface area contributed by atoms with Crippen LogP contribution in [0.15, 0.2) is 78.0 Å². The smallest absolute Gasteiger partial charge is 0.325 e. The molecule has 2 amide bonds. The summed E-state index contributed by atoms with van der Waals surface area (Å²) in [5.74, 6) is 0.304. The molecule has 3 N–H and O–H groups in total. The number of hydrogen-bond donors (Lipinski definition) is 3. The highest BCUT2D eigenvalue weighted by Gasteiger charge is 2.38. The van der Waals surface area contributed by atoms with Gasteiger partial charge < -0.3 is 30.0 Å². The van der Waals surface area contributed by atoms with Crippen LogP contribution in [-0.2, 0) is 32.2 Å². The summed E-state index contributed by atoms with van der Waals surface area (Å²) in [4.78, 5) is 27.8. The Kier molecular flexibility index (Phi) is 10.9. The molecule has 40 heavy (non-hydrogen) atoms.